The summed E-state index contributed by atoms with van der Waals surface area (Å²) in [6, 6.07) is 15.5. The minimum atomic E-state index is -0.531. The number of halogens is 1. The minimum Gasteiger partial charge on any atom is -0.494 e. The summed E-state index contributed by atoms with van der Waals surface area (Å²) in [6.45, 7) is 4.30. The summed E-state index contributed by atoms with van der Waals surface area (Å²) in [6.07, 6.45) is 2.62. The van der Waals surface area contributed by atoms with Crippen LogP contribution >= 0.6 is 0 Å². The fourth-order valence-electron chi connectivity index (χ4n) is 2.94. The Morgan fingerprint density at radius 2 is 1.93 bits per heavy atom. The van der Waals surface area contributed by atoms with Crippen LogP contribution in [-0.2, 0) is 0 Å². The number of carbonyl (C=O) groups excluding carboxylic acids is 1. The summed E-state index contributed by atoms with van der Waals surface area (Å²) >= 11 is 0. The molecule has 0 aliphatic carbocycles. The molecule has 3 aromatic rings. The lowest BCUT2D eigenvalue weighted by atomic mass is 9.98. The molecule has 1 amide bonds. The van der Waals surface area contributed by atoms with Crippen LogP contribution in [0.3, 0.4) is 0 Å². The Morgan fingerprint density at radius 1 is 1.18 bits per heavy atom. The van der Waals surface area contributed by atoms with Gasteiger partial charge < -0.3 is 10.1 Å². The van der Waals surface area contributed by atoms with E-state index in [9.17, 15) is 9.18 Å². The van der Waals surface area contributed by atoms with Gasteiger partial charge in [0.15, 0.2) is 0 Å². The molecule has 1 atom stereocenters. The average Bonchev–Trinajstić information content (AvgIpc) is 2.73. The van der Waals surface area contributed by atoms with Crippen molar-refractivity contribution in [3.8, 4) is 17.0 Å². The number of nitrogens with one attached hydrogen (secondary N) is 1. The monoisotopic (exact) mass is 378 g/mol. The van der Waals surface area contributed by atoms with Crippen LogP contribution in [0.2, 0.25) is 0 Å². The minimum absolute atomic E-state index is 0.238. The SMILES string of the molecule is CCC(C)c1ccc(NC(=O)c2ccc(-c3ncccc3OC)c(F)c2)cc1. The lowest BCUT2D eigenvalue weighted by Crippen LogP contribution is -2.12. The largest absolute Gasteiger partial charge is 0.494 e. The molecule has 0 aliphatic heterocycles. The Balaban J connectivity index is 1.79. The highest BCUT2D eigenvalue weighted by Crippen LogP contribution is 2.30. The van der Waals surface area contributed by atoms with Gasteiger partial charge in [-0.05, 0) is 60.4 Å². The van der Waals surface area contributed by atoms with Crippen LogP contribution in [0, 0.1) is 5.82 Å². The fourth-order valence-corrected chi connectivity index (χ4v) is 2.94. The smallest absolute Gasteiger partial charge is 0.255 e. The first-order valence-electron chi connectivity index (χ1n) is 9.23. The fraction of sp³-hybridized carbons (Fsp3) is 0.217. The molecule has 1 aromatic heterocycles. The van der Waals surface area contributed by atoms with E-state index in [-0.39, 0.29) is 17.0 Å². The predicted octanol–water partition coefficient (Wildman–Crippen LogP) is 5.66. The number of pyridine rings is 1. The van der Waals surface area contributed by atoms with Gasteiger partial charge in [0.25, 0.3) is 5.91 Å². The normalized spacial score (nSPS) is 11.7. The molecule has 0 bridgehead atoms. The summed E-state index contributed by atoms with van der Waals surface area (Å²) in [7, 11) is 1.51. The maximum atomic E-state index is 14.7. The second-order valence-corrected chi connectivity index (χ2v) is 6.63. The molecule has 3 rings (SSSR count). The van der Waals surface area contributed by atoms with Crippen molar-refractivity contribution in [1.82, 2.24) is 4.98 Å². The highest BCUT2D eigenvalue weighted by Gasteiger charge is 2.15. The van der Waals surface area contributed by atoms with Crippen molar-refractivity contribution >= 4 is 11.6 Å². The van der Waals surface area contributed by atoms with Gasteiger partial charge in [0.1, 0.15) is 17.3 Å². The molecule has 0 spiro atoms. The van der Waals surface area contributed by atoms with E-state index in [1.165, 1.54) is 18.7 Å². The van der Waals surface area contributed by atoms with Crippen LogP contribution in [0.15, 0.2) is 60.8 Å². The third-order valence-corrected chi connectivity index (χ3v) is 4.83. The molecule has 1 heterocycles. The number of benzene rings is 2. The van der Waals surface area contributed by atoms with Gasteiger partial charge in [-0.15, -0.1) is 0 Å². The first-order valence-corrected chi connectivity index (χ1v) is 9.23. The van der Waals surface area contributed by atoms with Gasteiger partial charge in [0, 0.05) is 23.0 Å². The second-order valence-electron chi connectivity index (χ2n) is 6.63. The molecule has 0 saturated heterocycles. The molecule has 0 aliphatic rings. The van der Waals surface area contributed by atoms with Gasteiger partial charge in [-0.1, -0.05) is 26.0 Å². The quantitative estimate of drug-likeness (QED) is 0.602. The number of nitrogens with zero attached hydrogens (tertiary/aromatic N) is 1. The number of hydrogen-bond donors (Lipinski definition) is 1. The summed E-state index contributed by atoms with van der Waals surface area (Å²) < 4.78 is 19.9. The Kier molecular flexibility index (Phi) is 6.04. The third-order valence-electron chi connectivity index (χ3n) is 4.83. The van der Waals surface area contributed by atoms with E-state index in [0.29, 0.717) is 23.0 Å². The van der Waals surface area contributed by atoms with E-state index in [1.54, 1.807) is 30.5 Å². The molecule has 2 aromatic carbocycles. The van der Waals surface area contributed by atoms with Crippen LogP contribution in [0.5, 0.6) is 5.75 Å². The number of anilines is 1. The molecular weight excluding hydrogens is 355 g/mol. The maximum absolute atomic E-state index is 14.7. The number of amides is 1. The lowest BCUT2D eigenvalue weighted by molar-refractivity contribution is 0.102. The van der Waals surface area contributed by atoms with E-state index in [4.69, 9.17) is 4.74 Å². The van der Waals surface area contributed by atoms with Crippen LogP contribution in [0.25, 0.3) is 11.3 Å². The molecule has 1 unspecified atom stereocenters. The zero-order valence-electron chi connectivity index (χ0n) is 16.2. The molecule has 0 fully saturated rings. The van der Waals surface area contributed by atoms with Crippen molar-refractivity contribution in [2.45, 2.75) is 26.2 Å². The summed E-state index contributed by atoms with van der Waals surface area (Å²) in [5.41, 5.74) is 2.82. The van der Waals surface area contributed by atoms with Crippen molar-refractivity contribution in [3.63, 3.8) is 0 Å². The molecule has 4 nitrogen and oxygen atoms in total. The van der Waals surface area contributed by atoms with E-state index in [2.05, 4.69) is 24.1 Å². The van der Waals surface area contributed by atoms with Crippen LogP contribution < -0.4 is 10.1 Å². The average molecular weight is 378 g/mol. The van der Waals surface area contributed by atoms with Gasteiger partial charge in [-0.3, -0.25) is 9.78 Å². The molecule has 144 valence electrons. The van der Waals surface area contributed by atoms with Gasteiger partial charge in [-0.2, -0.15) is 0 Å². The number of rotatable bonds is 6. The number of ether oxygens (including phenoxy) is 1. The first kappa shape index (κ1) is 19.5. The van der Waals surface area contributed by atoms with Gasteiger partial charge in [-0.25, -0.2) is 4.39 Å². The van der Waals surface area contributed by atoms with E-state index >= 15 is 0 Å². The zero-order chi connectivity index (χ0) is 20.1. The highest BCUT2D eigenvalue weighted by molar-refractivity contribution is 6.04. The Bertz CT molecular complexity index is 971. The van der Waals surface area contributed by atoms with Crippen molar-refractivity contribution in [2.75, 3.05) is 12.4 Å². The molecular formula is C23H23FN2O2. The predicted molar refractivity (Wildman–Crippen MR) is 109 cm³/mol. The highest BCUT2D eigenvalue weighted by atomic mass is 19.1. The number of hydrogen-bond acceptors (Lipinski definition) is 3. The molecule has 0 radical (unpaired) electrons. The Morgan fingerprint density at radius 3 is 2.57 bits per heavy atom. The van der Waals surface area contributed by atoms with Crippen LogP contribution in [-0.4, -0.2) is 18.0 Å². The van der Waals surface area contributed by atoms with Crippen molar-refractivity contribution in [1.29, 1.82) is 0 Å². The summed E-state index contributed by atoms with van der Waals surface area (Å²) in [5.74, 6) is 0.0430. The molecule has 1 N–H and O–H groups in total. The maximum Gasteiger partial charge on any atom is 0.255 e. The van der Waals surface area contributed by atoms with E-state index in [0.717, 1.165) is 6.42 Å². The first-order chi connectivity index (χ1) is 13.5. The summed E-state index contributed by atoms with van der Waals surface area (Å²) in [4.78, 5) is 16.7. The number of carbonyl (C=O) groups is 1. The van der Waals surface area contributed by atoms with Gasteiger partial charge in [0.2, 0.25) is 0 Å². The molecule has 28 heavy (non-hydrogen) atoms. The second kappa shape index (κ2) is 8.65. The molecule has 5 heteroatoms. The summed E-state index contributed by atoms with van der Waals surface area (Å²) in [5, 5.41) is 2.81. The zero-order valence-corrected chi connectivity index (χ0v) is 16.2. The molecule has 0 saturated carbocycles. The van der Waals surface area contributed by atoms with Crippen LogP contribution in [0.1, 0.15) is 42.1 Å². The number of aromatic nitrogens is 1. The standard InChI is InChI=1S/C23H23FN2O2/c1-4-15(2)16-7-10-18(11-8-16)26-23(27)17-9-12-19(20(24)14-17)22-21(28-3)6-5-13-25-22/h5-15H,4H2,1-3H3,(H,26,27). The van der Waals surface area contributed by atoms with Gasteiger partial charge >= 0.3 is 0 Å². The van der Waals surface area contributed by atoms with Crippen LogP contribution in [0.4, 0.5) is 10.1 Å². The van der Waals surface area contributed by atoms with E-state index < -0.39 is 5.82 Å². The topological polar surface area (TPSA) is 51.2 Å². The van der Waals surface area contributed by atoms with Gasteiger partial charge in [0.05, 0.1) is 7.11 Å². The van der Waals surface area contributed by atoms with Crippen molar-refractivity contribution in [3.05, 3.63) is 77.7 Å². The number of methoxy groups -OCH3 is 1. The van der Waals surface area contributed by atoms with Crippen molar-refractivity contribution < 1.29 is 13.9 Å². The Hall–Kier alpha value is -3.21. The third kappa shape index (κ3) is 4.19. The van der Waals surface area contributed by atoms with Crippen molar-refractivity contribution in [2.24, 2.45) is 0 Å². The lowest BCUT2D eigenvalue weighted by Gasteiger charge is -2.11. The van der Waals surface area contributed by atoms with E-state index in [1.807, 2.05) is 24.3 Å². The Labute approximate surface area is 164 Å².